The van der Waals surface area contributed by atoms with Crippen molar-refractivity contribution in [2.75, 3.05) is 31.8 Å². The molecule has 2 aromatic rings. The van der Waals surface area contributed by atoms with Crippen molar-refractivity contribution >= 4 is 17.6 Å². The van der Waals surface area contributed by atoms with Crippen molar-refractivity contribution in [3.05, 3.63) is 54.1 Å². The largest absolute Gasteiger partial charge is 0.494 e. The van der Waals surface area contributed by atoms with E-state index >= 15 is 0 Å². The zero-order valence-electron chi connectivity index (χ0n) is 17.6. The Kier molecular flexibility index (Phi) is 7.71. The Labute approximate surface area is 177 Å². The summed E-state index contributed by atoms with van der Waals surface area (Å²) in [6, 6.07) is 14.5. The molecule has 2 aromatic carbocycles. The molecule has 0 spiro atoms. The minimum atomic E-state index is -0.379. The number of amides is 1. The maximum Gasteiger partial charge on any atom is 0.337 e. The number of unbranched alkanes of at least 4 members (excludes halogenated alkanes) is 2. The summed E-state index contributed by atoms with van der Waals surface area (Å²) in [5.41, 5.74) is 1.36. The average molecular weight is 411 g/mol. The topological polar surface area (TPSA) is 65.1 Å². The molecule has 0 aromatic heterocycles. The highest BCUT2D eigenvalue weighted by molar-refractivity contribution is 5.95. The molecule has 1 aliphatic rings. The van der Waals surface area contributed by atoms with Gasteiger partial charge < -0.3 is 19.1 Å². The van der Waals surface area contributed by atoms with Crippen LogP contribution in [-0.4, -0.2) is 38.7 Å². The van der Waals surface area contributed by atoms with Gasteiger partial charge in [0.1, 0.15) is 11.5 Å². The number of benzene rings is 2. The highest BCUT2D eigenvalue weighted by Crippen LogP contribution is 2.27. The van der Waals surface area contributed by atoms with Crippen LogP contribution in [-0.2, 0) is 9.53 Å². The van der Waals surface area contributed by atoms with Crippen LogP contribution in [0.1, 0.15) is 43.0 Å². The van der Waals surface area contributed by atoms with E-state index in [-0.39, 0.29) is 17.8 Å². The van der Waals surface area contributed by atoms with Gasteiger partial charge in [-0.1, -0.05) is 19.8 Å². The Morgan fingerprint density at radius 1 is 1.00 bits per heavy atom. The van der Waals surface area contributed by atoms with Crippen molar-refractivity contribution in [2.24, 2.45) is 5.92 Å². The van der Waals surface area contributed by atoms with E-state index in [0.717, 1.165) is 24.5 Å². The van der Waals surface area contributed by atoms with Crippen molar-refractivity contribution in [3.63, 3.8) is 0 Å². The molecule has 160 valence electrons. The fraction of sp³-hybridized carbons (Fsp3) is 0.417. The van der Waals surface area contributed by atoms with Crippen molar-refractivity contribution in [2.45, 2.75) is 32.6 Å². The zero-order chi connectivity index (χ0) is 21.3. The van der Waals surface area contributed by atoms with Crippen LogP contribution in [0.15, 0.2) is 48.5 Å². The monoisotopic (exact) mass is 411 g/mol. The summed E-state index contributed by atoms with van der Waals surface area (Å²) < 4.78 is 16.3. The average Bonchev–Trinajstić information content (AvgIpc) is 3.16. The van der Waals surface area contributed by atoms with Crippen molar-refractivity contribution in [3.8, 4) is 11.5 Å². The van der Waals surface area contributed by atoms with E-state index in [1.165, 1.54) is 20.0 Å². The third-order valence-corrected chi connectivity index (χ3v) is 5.13. The minimum Gasteiger partial charge on any atom is -0.494 e. The summed E-state index contributed by atoms with van der Waals surface area (Å²) in [4.78, 5) is 25.8. The summed E-state index contributed by atoms with van der Waals surface area (Å²) in [7, 11) is 1.35. The van der Waals surface area contributed by atoms with Crippen LogP contribution in [0.3, 0.4) is 0 Å². The van der Waals surface area contributed by atoms with E-state index < -0.39 is 0 Å². The normalized spacial score (nSPS) is 15.9. The predicted octanol–water partition coefficient (Wildman–Crippen LogP) is 4.47. The number of carbonyl (C=O) groups is 2. The van der Waals surface area contributed by atoms with E-state index in [9.17, 15) is 9.59 Å². The quantitative estimate of drug-likeness (QED) is 0.426. The first-order valence-corrected chi connectivity index (χ1v) is 10.4. The second-order valence-electron chi connectivity index (χ2n) is 7.45. The Hall–Kier alpha value is -3.02. The molecule has 6 nitrogen and oxygen atoms in total. The number of methoxy groups -OCH3 is 1. The van der Waals surface area contributed by atoms with Crippen LogP contribution in [0.25, 0.3) is 0 Å². The highest BCUT2D eigenvalue weighted by atomic mass is 16.5. The van der Waals surface area contributed by atoms with Gasteiger partial charge in [0.25, 0.3) is 0 Å². The lowest BCUT2D eigenvalue weighted by Gasteiger charge is -2.17. The summed E-state index contributed by atoms with van der Waals surface area (Å²) in [5.74, 6) is 1.33. The van der Waals surface area contributed by atoms with Gasteiger partial charge in [-0.2, -0.15) is 0 Å². The standard InChI is InChI=1S/C24H29NO5/c1-3-4-5-14-29-21-12-8-20(9-13-21)25-16-18(15-23(25)26)17-30-22-10-6-19(7-11-22)24(27)28-2/h6-13,18H,3-5,14-17H2,1-2H3. The van der Waals surface area contributed by atoms with E-state index in [4.69, 9.17) is 9.47 Å². The number of esters is 1. The van der Waals surface area contributed by atoms with E-state index in [2.05, 4.69) is 11.7 Å². The summed E-state index contributed by atoms with van der Waals surface area (Å²) in [5, 5.41) is 0. The molecule has 0 bridgehead atoms. The van der Waals surface area contributed by atoms with Crippen LogP contribution in [0.5, 0.6) is 11.5 Å². The molecule has 1 fully saturated rings. The number of carbonyl (C=O) groups excluding carboxylic acids is 2. The molecule has 1 amide bonds. The summed E-state index contributed by atoms with van der Waals surface area (Å²) in [6.07, 6.45) is 3.84. The van der Waals surface area contributed by atoms with Gasteiger partial charge in [-0.05, 0) is 55.0 Å². The van der Waals surface area contributed by atoms with Gasteiger partial charge in [0.2, 0.25) is 5.91 Å². The molecule has 0 N–H and O–H groups in total. The second kappa shape index (κ2) is 10.7. The third kappa shape index (κ3) is 5.75. The van der Waals surface area contributed by atoms with Gasteiger partial charge in [0.05, 0.1) is 25.9 Å². The van der Waals surface area contributed by atoms with Crippen molar-refractivity contribution in [1.82, 2.24) is 0 Å². The van der Waals surface area contributed by atoms with Crippen LogP contribution < -0.4 is 14.4 Å². The van der Waals surface area contributed by atoms with Gasteiger partial charge in [0.15, 0.2) is 0 Å². The highest BCUT2D eigenvalue weighted by Gasteiger charge is 2.31. The van der Waals surface area contributed by atoms with Gasteiger partial charge in [-0.15, -0.1) is 0 Å². The minimum absolute atomic E-state index is 0.0984. The first kappa shape index (κ1) is 21.7. The zero-order valence-corrected chi connectivity index (χ0v) is 17.6. The van der Waals surface area contributed by atoms with Crippen LogP contribution in [0.2, 0.25) is 0 Å². The molecule has 0 saturated carbocycles. The van der Waals surface area contributed by atoms with Crippen LogP contribution >= 0.6 is 0 Å². The Balaban J connectivity index is 1.49. The van der Waals surface area contributed by atoms with Gasteiger partial charge in [-0.3, -0.25) is 4.79 Å². The summed E-state index contributed by atoms with van der Waals surface area (Å²) in [6.45, 7) is 3.95. The first-order chi connectivity index (χ1) is 14.6. The van der Waals surface area contributed by atoms with Crippen LogP contribution in [0.4, 0.5) is 5.69 Å². The SMILES string of the molecule is CCCCCOc1ccc(N2CC(COc3ccc(C(=O)OC)cc3)CC2=O)cc1. The molecular formula is C24H29NO5. The Morgan fingerprint density at radius 2 is 1.67 bits per heavy atom. The molecule has 0 radical (unpaired) electrons. The fourth-order valence-electron chi connectivity index (χ4n) is 3.43. The number of rotatable bonds is 10. The second-order valence-corrected chi connectivity index (χ2v) is 7.45. The van der Waals surface area contributed by atoms with E-state index in [0.29, 0.717) is 30.9 Å². The summed E-state index contributed by atoms with van der Waals surface area (Å²) >= 11 is 0. The maximum atomic E-state index is 12.5. The lowest BCUT2D eigenvalue weighted by Crippen LogP contribution is -2.25. The Bertz CT molecular complexity index is 832. The number of ether oxygens (including phenoxy) is 3. The lowest BCUT2D eigenvalue weighted by atomic mass is 10.1. The molecule has 1 heterocycles. The van der Waals surface area contributed by atoms with Gasteiger partial charge in [0, 0.05) is 24.6 Å². The smallest absolute Gasteiger partial charge is 0.337 e. The maximum absolute atomic E-state index is 12.5. The van der Waals surface area contributed by atoms with Crippen molar-refractivity contribution in [1.29, 1.82) is 0 Å². The Morgan fingerprint density at radius 3 is 2.33 bits per heavy atom. The molecule has 6 heteroatoms. The number of nitrogens with zero attached hydrogens (tertiary/aromatic N) is 1. The van der Waals surface area contributed by atoms with Gasteiger partial charge >= 0.3 is 5.97 Å². The molecule has 1 atom stereocenters. The molecule has 0 aliphatic carbocycles. The molecule has 3 rings (SSSR count). The molecule has 1 aliphatic heterocycles. The van der Waals surface area contributed by atoms with Gasteiger partial charge in [-0.25, -0.2) is 4.79 Å². The molecule has 1 saturated heterocycles. The first-order valence-electron chi connectivity index (χ1n) is 10.4. The van der Waals surface area contributed by atoms with E-state index in [1.54, 1.807) is 29.2 Å². The lowest BCUT2D eigenvalue weighted by molar-refractivity contribution is -0.117. The predicted molar refractivity (Wildman–Crippen MR) is 115 cm³/mol. The fourth-order valence-corrected chi connectivity index (χ4v) is 3.43. The van der Waals surface area contributed by atoms with E-state index in [1.807, 2.05) is 24.3 Å². The number of anilines is 1. The number of hydrogen-bond donors (Lipinski definition) is 0. The molecular weight excluding hydrogens is 382 g/mol. The third-order valence-electron chi connectivity index (χ3n) is 5.13. The molecule has 30 heavy (non-hydrogen) atoms. The van der Waals surface area contributed by atoms with Crippen molar-refractivity contribution < 1.29 is 23.8 Å². The number of hydrogen-bond acceptors (Lipinski definition) is 5. The molecule has 1 unspecified atom stereocenters. The van der Waals surface area contributed by atoms with Crippen LogP contribution in [0, 0.1) is 5.92 Å².